The van der Waals surface area contributed by atoms with Gasteiger partial charge >= 0.3 is 0 Å². The molecule has 0 aliphatic rings. The van der Waals surface area contributed by atoms with Crippen LogP contribution in [0.1, 0.15) is 90.6 Å². The van der Waals surface area contributed by atoms with Gasteiger partial charge in [0.25, 0.3) is 5.69 Å². The largest absolute Gasteiger partial charge is 0.497 e. The molecule has 0 fully saturated rings. The van der Waals surface area contributed by atoms with Gasteiger partial charge in [0.05, 0.1) is 109 Å². The molecular weight excluding hydrogens is 2070 g/mol. The highest BCUT2D eigenvalue weighted by atomic mass is 79.9. The van der Waals surface area contributed by atoms with E-state index in [2.05, 4.69) is 321 Å². The van der Waals surface area contributed by atoms with Crippen molar-refractivity contribution in [2.45, 2.75) is 104 Å². The van der Waals surface area contributed by atoms with E-state index in [9.17, 15) is 14.5 Å². The minimum Gasteiger partial charge on any atom is -0.497 e. The van der Waals surface area contributed by atoms with E-state index >= 15 is 0 Å². The fraction of sp³-hybridized carbons (Fsp3) is 0.186. The average molecular weight is 2180 g/mol. The number of methoxy groups -OCH3 is 1. The van der Waals surface area contributed by atoms with Crippen molar-refractivity contribution in [2.24, 2.45) is 0 Å². The van der Waals surface area contributed by atoms with Crippen LogP contribution in [0, 0.1) is 15.9 Å². The molecule has 8 aromatic heterocycles. The van der Waals surface area contributed by atoms with Gasteiger partial charge in [0.15, 0.2) is 0 Å². The second-order valence-electron chi connectivity index (χ2n) is 34.8. The number of nitro groups is 1. The van der Waals surface area contributed by atoms with Gasteiger partial charge in [0.1, 0.15) is 60.2 Å². The van der Waals surface area contributed by atoms with Crippen molar-refractivity contribution in [3.8, 4) is 5.75 Å². The number of fused-ring (bicyclic) bond motifs is 4. The number of pyridine rings is 4. The normalized spacial score (nSPS) is 11.3. The van der Waals surface area contributed by atoms with Crippen LogP contribution in [-0.2, 0) is 104 Å². The van der Waals surface area contributed by atoms with Crippen LogP contribution in [0.3, 0.4) is 0 Å². The second-order valence-corrected chi connectivity index (χ2v) is 38.9. The zero-order valence-corrected chi connectivity index (χ0v) is 85.8. The van der Waals surface area contributed by atoms with Gasteiger partial charge in [-0.15, -0.1) is 40.8 Å². The number of rotatable bonds is 38. The molecule has 720 valence electrons. The molecule has 0 aliphatic heterocycles. The standard InChI is InChI=1S/C29H28BrN5O.C28H25BrClN5.C28H25BrFN5.C28H25BrN6O2/c1-36-27-14-8-23(9-15-27)18-35-21-31-33-29(35)20-34(17-16-22-6-11-25(30)12-7-22)19-26-13-10-24-4-2-3-5-28(24)32-26;29-24-11-8-21(9-12-24)14-15-34(18-26-13-10-23-5-1-2-7-27(23)32-26)19-28-33-31-20-35(28)17-22-4-3-6-25(30)16-22;29-24-10-5-21(6-11-24)15-16-34(18-26-14-9-23-3-1-2-4-27(23)32-26)19-28-33-31-20-35(28)17-22-7-12-25(30)13-8-22;29-24-12-9-21(10-13-24)15-16-33(18-25-14-11-22-5-1-3-7-26(22)31-25)19-28-32-30-20-34(28)17-23-6-2-4-8-27(23)35(36)37/h2-15,21H,16-20H2,1H3;1-13,16,20H,14-15,17-19H2;1-14,20H,15-19H2;1-14,20H,15-19H2. The lowest BCUT2D eigenvalue weighted by Gasteiger charge is -2.22. The summed E-state index contributed by atoms with van der Waals surface area (Å²) in [5.41, 5.74) is 17.2. The molecule has 0 N–H and O–H groups in total. The van der Waals surface area contributed by atoms with E-state index in [0.29, 0.717) is 71.0 Å². The van der Waals surface area contributed by atoms with E-state index in [1.807, 2.05) is 118 Å². The Labute approximate surface area is 868 Å². The van der Waals surface area contributed by atoms with Crippen LogP contribution in [0.25, 0.3) is 43.6 Å². The van der Waals surface area contributed by atoms with Gasteiger partial charge in [-0.1, -0.05) is 276 Å². The van der Waals surface area contributed by atoms with Gasteiger partial charge in [-0.2, -0.15) is 0 Å². The van der Waals surface area contributed by atoms with Crippen LogP contribution < -0.4 is 4.74 Å². The zero-order valence-electron chi connectivity index (χ0n) is 78.7. The Morgan fingerprint density at radius 2 is 0.615 bits per heavy atom. The Bertz CT molecular complexity index is 7530. The molecule has 0 radical (unpaired) electrons. The van der Waals surface area contributed by atoms with E-state index in [4.69, 9.17) is 36.3 Å². The van der Waals surface area contributed by atoms with Crippen molar-refractivity contribution < 1.29 is 14.1 Å². The van der Waals surface area contributed by atoms with E-state index in [-0.39, 0.29) is 16.4 Å². The Balaban J connectivity index is 0.000000131. The number of hydrogen-bond acceptors (Lipinski definition) is 19. The van der Waals surface area contributed by atoms with Gasteiger partial charge in [-0.05, 0) is 198 Å². The molecule has 20 aromatic rings. The fourth-order valence-electron chi connectivity index (χ4n) is 16.8. The third kappa shape index (κ3) is 29.8. The molecule has 12 aromatic carbocycles. The quantitative estimate of drug-likeness (QED) is 0.0258. The Hall–Kier alpha value is -14.0. The Morgan fingerprint density at radius 3 is 0.937 bits per heavy atom. The first-order valence-electron chi connectivity index (χ1n) is 47.0. The van der Waals surface area contributed by atoms with Gasteiger partial charge < -0.3 is 23.0 Å². The van der Waals surface area contributed by atoms with Crippen LogP contribution in [0.4, 0.5) is 10.1 Å². The number of benzene rings is 12. The minimum absolute atomic E-state index is 0.0922. The molecular formula is C113H103Br4ClFN21O3. The molecule has 24 nitrogen and oxygen atoms in total. The maximum Gasteiger partial charge on any atom is 0.274 e. The summed E-state index contributed by atoms with van der Waals surface area (Å²) in [6.45, 7) is 11.0. The molecule has 143 heavy (non-hydrogen) atoms. The number of aromatic nitrogens is 16. The van der Waals surface area contributed by atoms with Crippen LogP contribution >= 0.6 is 75.3 Å². The van der Waals surface area contributed by atoms with E-state index in [0.717, 1.165) is 194 Å². The lowest BCUT2D eigenvalue weighted by atomic mass is 10.1. The molecule has 0 bridgehead atoms. The summed E-state index contributed by atoms with van der Waals surface area (Å²) >= 11 is 20.3. The Kier molecular flexibility index (Phi) is 35.6. The molecule has 20 rings (SSSR count). The molecule has 0 unspecified atom stereocenters. The summed E-state index contributed by atoms with van der Waals surface area (Å²) in [6.07, 6.45) is 10.6. The first kappa shape index (κ1) is 101. The third-order valence-corrected chi connectivity index (χ3v) is 26.8. The Morgan fingerprint density at radius 1 is 0.322 bits per heavy atom. The van der Waals surface area contributed by atoms with Crippen molar-refractivity contribution >= 4 is 125 Å². The van der Waals surface area contributed by atoms with Gasteiger partial charge in [-0.3, -0.25) is 49.6 Å². The first-order valence-corrected chi connectivity index (χ1v) is 50.6. The van der Waals surface area contributed by atoms with E-state index in [1.165, 1.54) is 46.0 Å². The summed E-state index contributed by atoms with van der Waals surface area (Å²) in [7, 11) is 1.68. The number of nitro benzene ring substituents is 1. The molecule has 0 saturated carbocycles. The van der Waals surface area contributed by atoms with Crippen LogP contribution in [-0.4, -0.2) is 137 Å². The molecule has 30 heteroatoms. The highest BCUT2D eigenvalue weighted by Crippen LogP contribution is 2.27. The van der Waals surface area contributed by atoms with Crippen molar-refractivity contribution in [3.05, 3.63) is 494 Å². The maximum absolute atomic E-state index is 13.3. The summed E-state index contributed by atoms with van der Waals surface area (Å²) in [5.74, 6) is 4.08. The molecule has 0 aliphatic carbocycles. The van der Waals surface area contributed by atoms with E-state index in [1.54, 1.807) is 56.7 Å². The van der Waals surface area contributed by atoms with Crippen LogP contribution in [0.2, 0.25) is 5.02 Å². The average Bonchev–Trinajstić information content (AvgIpc) is 1.78. The van der Waals surface area contributed by atoms with Crippen molar-refractivity contribution in [1.29, 1.82) is 0 Å². The molecule has 0 saturated heterocycles. The number of nitrogens with zero attached hydrogens (tertiary/aromatic N) is 21. The lowest BCUT2D eigenvalue weighted by molar-refractivity contribution is -0.385. The molecule has 8 heterocycles. The highest BCUT2D eigenvalue weighted by molar-refractivity contribution is 9.11. The number of hydrogen-bond donors (Lipinski definition) is 0. The molecule has 0 atom stereocenters. The van der Waals surface area contributed by atoms with Gasteiger partial charge in [-0.25, -0.2) is 4.39 Å². The summed E-state index contributed by atoms with van der Waals surface area (Å²) in [4.78, 5) is 40.1. The number of ether oxygens (including phenoxy) is 1. The second kappa shape index (κ2) is 50.6. The van der Waals surface area contributed by atoms with Gasteiger partial charge in [0, 0.05) is 108 Å². The maximum atomic E-state index is 13.3. The SMILES string of the molecule is COc1ccc(Cn2cnnc2CN(CCc2ccc(Br)cc2)Cc2ccc3ccccc3n2)cc1.Clc1cccc(Cn2cnnc2CN(CCc2ccc(Br)cc2)Cc2ccc3ccccc3n2)c1.Fc1ccc(Cn2cnnc2CN(CCc2ccc(Br)cc2)Cc2ccc3ccccc3n2)cc1.O=[N+]([O-])c1ccccc1Cn1cnnc1CN(CCc1ccc(Br)cc1)Cc1ccc2ccccc2n1. The van der Waals surface area contributed by atoms with E-state index < -0.39 is 0 Å². The van der Waals surface area contributed by atoms with Crippen molar-refractivity contribution in [2.75, 3.05) is 33.3 Å². The third-order valence-electron chi connectivity index (χ3n) is 24.5. The van der Waals surface area contributed by atoms with Crippen LogP contribution in [0.15, 0.2) is 383 Å². The zero-order chi connectivity index (χ0) is 98.4. The lowest BCUT2D eigenvalue weighted by Crippen LogP contribution is -2.27. The van der Waals surface area contributed by atoms with Crippen molar-refractivity contribution in [1.82, 2.24) is 98.6 Å². The smallest absolute Gasteiger partial charge is 0.274 e. The van der Waals surface area contributed by atoms with Crippen LogP contribution in [0.5, 0.6) is 5.75 Å². The minimum atomic E-state index is -0.352. The fourth-order valence-corrected chi connectivity index (χ4v) is 18.1. The number of halogens is 6. The molecule has 0 spiro atoms. The summed E-state index contributed by atoms with van der Waals surface area (Å²) in [5, 5.41) is 51.1. The van der Waals surface area contributed by atoms with Gasteiger partial charge in [0.2, 0.25) is 0 Å². The van der Waals surface area contributed by atoms with Crippen molar-refractivity contribution in [3.63, 3.8) is 0 Å². The number of para-hydroxylation sites is 5. The summed E-state index contributed by atoms with van der Waals surface area (Å²) < 4.78 is 31.0. The molecule has 0 amide bonds. The predicted octanol–water partition coefficient (Wildman–Crippen LogP) is 24.2. The highest BCUT2D eigenvalue weighted by Gasteiger charge is 2.22. The topological polar surface area (TPSA) is 240 Å². The monoisotopic (exact) mass is 2170 g/mol. The summed E-state index contributed by atoms with van der Waals surface area (Å²) in [6, 6.07) is 113. The predicted molar refractivity (Wildman–Crippen MR) is 575 cm³/mol. The first-order chi connectivity index (χ1) is 69.9.